The molecule has 0 aliphatic rings. The number of carbonyl (C=O) groups excluding carboxylic acids is 1. The molecule has 0 aliphatic heterocycles. The SMILES string of the molecule is CC(=O)c1cc(C#N)c(C)cc1C(F)F. The maximum atomic E-state index is 12.6. The van der Waals surface area contributed by atoms with Gasteiger partial charge in [-0.15, -0.1) is 0 Å². The summed E-state index contributed by atoms with van der Waals surface area (Å²) in [7, 11) is 0. The van der Waals surface area contributed by atoms with Crippen LogP contribution < -0.4 is 0 Å². The van der Waals surface area contributed by atoms with Crippen molar-refractivity contribution in [2.45, 2.75) is 20.3 Å². The summed E-state index contributed by atoms with van der Waals surface area (Å²) >= 11 is 0. The Hall–Kier alpha value is -1.76. The van der Waals surface area contributed by atoms with E-state index in [2.05, 4.69) is 0 Å². The van der Waals surface area contributed by atoms with E-state index in [0.29, 0.717) is 5.56 Å². The van der Waals surface area contributed by atoms with Gasteiger partial charge < -0.3 is 0 Å². The first-order valence-corrected chi connectivity index (χ1v) is 4.31. The summed E-state index contributed by atoms with van der Waals surface area (Å²) in [4.78, 5) is 11.1. The standard InChI is InChI=1S/C11H9F2NO/c1-6-3-10(11(12)13)9(7(2)15)4-8(6)5-14/h3-4,11H,1-2H3. The number of hydrogen-bond acceptors (Lipinski definition) is 2. The molecule has 1 aromatic rings. The Morgan fingerprint density at radius 3 is 2.47 bits per heavy atom. The normalized spacial score (nSPS) is 10.1. The number of alkyl halides is 2. The number of benzene rings is 1. The maximum absolute atomic E-state index is 12.6. The van der Waals surface area contributed by atoms with Crippen LogP contribution in [0.4, 0.5) is 8.78 Å². The maximum Gasteiger partial charge on any atom is 0.264 e. The number of halogens is 2. The lowest BCUT2D eigenvalue weighted by Crippen LogP contribution is -2.02. The van der Waals surface area contributed by atoms with Gasteiger partial charge in [0, 0.05) is 11.1 Å². The van der Waals surface area contributed by atoms with E-state index in [9.17, 15) is 13.6 Å². The van der Waals surface area contributed by atoms with Crippen molar-refractivity contribution in [1.82, 2.24) is 0 Å². The Morgan fingerprint density at radius 1 is 1.47 bits per heavy atom. The van der Waals surface area contributed by atoms with Crippen molar-refractivity contribution in [1.29, 1.82) is 5.26 Å². The van der Waals surface area contributed by atoms with Crippen molar-refractivity contribution in [3.8, 4) is 6.07 Å². The minimum absolute atomic E-state index is 0.0767. The highest BCUT2D eigenvalue weighted by Gasteiger charge is 2.17. The van der Waals surface area contributed by atoms with Gasteiger partial charge in [0.1, 0.15) is 0 Å². The fourth-order valence-corrected chi connectivity index (χ4v) is 1.34. The highest BCUT2D eigenvalue weighted by molar-refractivity contribution is 5.96. The minimum Gasteiger partial charge on any atom is -0.294 e. The lowest BCUT2D eigenvalue weighted by molar-refractivity contribution is 0.0999. The van der Waals surface area contributed by atoms with Crippen molar-refractivity contribution in [3.05, 3.63) is 34.4 Å². The first-order chi connectivity index (χ1) is 6.97. The minimum atomic E-state index is -2.70. The predicted molar refractivity (Wildman–Crippen MR) is 50.9 cm³/mol. The summed E-state index contributed by atoms with van der Waals surface area (Å²) in [6.45, 7) is 2.77. The van der Waals surface area contributed by atoms with Gasteiger partial charge in [0.15, 0.2) is 5.78 Å². The number of hydrogen-bond donors (Lipinski definition) is 0. The highest BCUT2D eigenvalue weighted by atomic mass is 19.3. The van der Waals surface area contributed by atoms with Crippen LogP contribution in [0.25, 0.3) is 0 Å². The molecule has 78 valence electrons. The highest BCUT2D eigenvalue weighted by Crippen LogP contribution is 2.26. The summed E-state index contributed by atoms with van der Waals surface area (Å²) in [5.41, 5.74) is 0.327. The summed E-state index contributed by atoms with van der Waals surface area (Å²) in [5.74, 6) is -0.457. The molecule has 1 rings (SSSR count). The van der Waals surface area contributed by atoms with Crippen LogP contribution in [0.3, 0.4) is 0 Å². The molecule has 0 bridgehead atoms. The summed E-state index contributed by atoms with van der Waals surface area (Å²) in [6.07, 6.45) is -2.70. The van der Waals surface area contributed by atoms with E-state index in [1.165, 1.54) is 19.1 Å². The van der Waals surface area contributed by atoms with Gasteiger partial charge in [-0.25, -0.2) is 8.78 Å². The molecule has 2 nitrogen and oxygen atoms in total. The fraction of sp³-hybridized carbons (Fsp3) is 0.273. The molecule has 0 spiro atoms. The van der Waals surface area contributed by atoms with Gasteiger partial charge in [0.2, 0.25) is 0 Å². The Balaban J connectivity index is 3.47. The molecule has 0 N–H and O–H groups in total. The second kappa shape index (κ2) is 4.18. The average Bonchev–Trinajstić information content (AvgIpc) is 2.16. The van der Waals surface area contributed by atoms with Crippen molar-refractivity contribution in [2.75, 3.05) is 0 Å². The molecule has 0 saturated carbocycles. The summed E-state index contributed by atoms with van der Waals surface area (Å²) in [5, 5.41) is 8.71. The van der Waals surface area contributed by atoms with E-state index in [1.54, 1.807) is 6.92 Å². The van der Waals surface area contributed by atoms with Crippen LogP contribution in [-0.2, 0) is 0 Å². The molecule has 4 heteroatoms. The molecule has 0 atom stereocenters. The number of Topliss-reactive ketones (excluding diaryl/α,β-unsaturated/α-hetero) is 1. The van der Waals surface area contributed by atoms with Crippen LogP contribution in [0.2, 0.25) is 0 Å². The number of nitrogens with zero attached hydrogens (tertiary/aromatic N) is 1. The molecule has 0 saturated heterocycles. The van der Waals surface area contributed by atoms with Crippen LogP contribution >= 0.6 is 0 Å². The Labute approximate surface area is 86.1 Å². The third-order valence-corrected chi connectivity index (χ3v) is 2.13. The molecular formula is C11H9F2NO. The molecule has 0 heterocycles. The molecule has 0 amide bonds. The van der Waals surface area contributed by atoms with Crippen LogP contribution in [-0.4, -0.2) is 5.78 Å². The molecule has 0 aliphatic carbocycles. The van der Waals surface area contributed by atoms with Crippen LogP contribution in [0.1, 0.15) is 40.4 Å². The second-order valence-corrected chi connectivity index (χ2v) is 3.22. The molecule has 0 unspecified atom stereocenters. The number of aryl methyl sites for hydroxylation is 1. The van der Waals surface area contributed by atoms with Crippen molar-refractivity contribution >= 4 is 5.78 Å². The summed E-state index contributed by atoms with van der Waals surface area (Å²) in [6, 6.07) is 4.28. The Kier molecular flexibility index (Phi) is 3.15. The second-order valence-electron chi connectivity index (χ2n) is 3.22. The predicted octanol–water partition coefficient (Wildman–Crippen LogP) is 3.01. The van der Waals surface area contributed by atoms with Gasteiger partial charge >= 0.3 is 0 Å². The smallest absolute Gasteiger partial charge is 0.264 e. The zero-order valence-electron chi connectivity index (χ0n) is 8.34. The third-order valence-electron chi connectivity index (χ3n) is 2.13. The molecule has 15 heavy (non-hydrogen) atoms. The Morgan fingerprint density at radius 2 is 2.07 bits per heavy atom. The monoisotopic (exact) mass is 209 g/mol. The van der Waals surface area contributed by atoms with E-state index >= 15 is 0 Å². The molecule has 0 fully saturated rings. The zero-order chi connectivity index (χ0) is 11.6. The molecule has 0 radical (unpaired) electrons. The van der Waals surface area contributed by atoms with Crippen LogP contribution in [0.5, 0.6) is 0 Å². The first kappa shape index (κ1) is 11.3. The number of nitriles is 1. The molecule has 1 aromatic carbocycles. The van der Waals surface area contributed by atoms with E-state index in [0.717, 1.165) is 0 Å². The van der Waals surface area contributed by atoms with Crippen molar-refractivity contribution in [2.24, 2.45) is 0 Å². The van der Waals surface area contributed by atoms with Gasteiger partial charge in [-0.05, 0) is 31.5 Å². The van der Waals surface area contributed by atoms with E-state index < -0.39 is 12.2 Å². The lowest BCUT2D eigenvalue weighted by atomic mass is 9.98. The molecular weight excluding hydrogens is 200 g/mol. The average molecular weight is 209 g/mol. The van der Waals surface area contributed by atoms with Gasteiger partial charge in [-0.3, -0.25) is 4.79 Å². The quantitative estimate of drug-likeness (QED) is 0.702. The summed E-state index contributed by atoms with van der Waals surface area (Å²) < 4.78 is 25.1. The van der Waals surface area contributed by atoms with Crippen molar-refractivity contribution in [3.63, 3.8) is 0 Å². The Bertz CT molecular complexity index is 447. The fourth-order valence-electron chi connectivity index (χ4n) is 1.34. The zero-order valence-corrected chi connectivity index (χ0v) is 8.34. The number of rotatable bonds is 2. The topological polar surface area (TPSA) is 40.9 Å². The van der Waals surface area contributed by atoms with Gasteiger partial charge in [-0.2, -0.15) is 5.26 Å². The van der Waals surface area contributed by atoms with Crippen molar-refractivity contribution < 1.29 is 13.6 Å². The van der Waals surface area contributed by atoms with Crippen LogP contribution in [0.15, 0.2) is 12.1 Å². The largest absolute Gasteiger partial charge is 0.294 e. The lowest BCUT2D eigenvalue weighted by Gasteiger charge is -2.08. The van der Waals surface area contributed by atoms with Gasteiger partial charge in [0.05, 0.1) is 11.6 Å². The van der Waals surface area contributed by atoms with E-state index in [-0.39, 0.29) is 16.7 Å². The van der Waals surface area contributed by atoms with E-state index in [4.69, 9.17) is 5.26 Å². The van der Waals surface area contributed by atoms with E-state index in [1.807, 2.05) is 6.07 Å². The number of ketones is 1. The van der Waals surface area contributed by atoms with Crippen LogP contribution in [0, 0.1) is 18.3 Å². The van der Waals surface area contributed by atoms with Gasteiger partial charge in [0.25, 0.3) is 6.43 Å². The third kappa shape index (κ3) is 2.18. The number of carbonyl (C=O) groups is 1. The first-order valence-electron chi connectivity index (χ1n) is 4.31. The molecule has 0 aromatic heterocycles. The van der Waals surface area contributed by atoms with Gasteiger partial charge in [-0.1, -0.05) is 0 Å².